The Kier molecular flexibility index (Phi) is 4.90. The van der Waals surface area contributed by atoms with E-state index in [4.69, 9.17) is 4.74 Å². The van der Waals surface area contributed by atoms with Gasteiger partial charge in [0.15, 0.2) is 0 Å². The van der Waals surface area contributed by atoms with Gasteiger partial charge >= 0.3 is 0 Å². The van der Waals surface area contributed by atoms with Crippen LogP contribution in [0.2, 0.25) is 0 Å². The molecule has 3 atom stereocenters. The fourth-order valence-corrected chi connectivity index (χ4v) is 4.96. The number of piperazine rings is 1. The van der Waals surface area contributed by atoms with Crippen LogP contribution in [0.15, 0.2) is 17.5 Å². The number of likely N-dealkylation sites (tertiary alicyclic amines) is 1. The Morgan fingerprint density at radius 3 is 2.79 bits per heavy atom. The lowest BCUT2D eigenvalue weighted by Gasteiger charge is -2.39. The SMILES string of the molecule is CN1CCN(C(=O)[C@@H]2CC[C@H]3[C@H](CCN3Cc3cccs3)O2)CC1. The van der Waals surface area contributed by atoms with Crippen LogP contribution in [-0.2, 0) is 16.1 Å². The zero-order chi connectivity index (χ0) is 16.5. The highest BCUT2D eigenvalue weighted by Gasteiger charge is 2.42. The first kappa shape index (κ1) is 16.5. The summed E-state index contributed by atoms with van der Waals surface area (Å²) in [5.41, 5.74) is 0. The van der Waals surface area contributed by atoms with Crippen molar-refractivity contribution in [1.29, 1.82) is 0 Å². The second kappa shape index (κ2) is 7.12. The summed E-state index contributed by atoms with van der Waals surface area (Å²) in [5, 5.41) is 2.14. The number of ether oxygens (including phenoxy) is 1. The molecule has 0 spiro atoms. The predicted molar refractivity (Wildman–Crippen MR) is 95.1 cm³/mol. The van der Waals surface area contributed by atoms with E-state index in [1.807, 2.05) is 16.2 Å². The van der Waals surface area contributed by atoms with Gasteiger partial charge in [-0.1, -0.05) is 6.07 Å². The number of fused-ring (bicyclic) bond motifs is 1. The first-order valence-corrected chi connectivity index (χ1v) is 9.98. The topological polar surface area (TPSA) is 36.0 Å². The number of rotatable bonds is 3. The molecule has 6 heteroatoms. The van der Waals surface area contributed by atoms with E-state index in [1.54, 1.807) is 0 Å². The number of carbonyl (C=O) groups is 1. The van der Waals surface area contributed by atoms with Gasteiger partial charge in [0, 0.05) is 50.2 Å². The van der Waals surface area contributed by atoms with Crippen LogP contribution in [0.1, 0.15) is 24.1 Å². The molecule has 24 heavy (non-hydrogen) atoms. The molecule has 0 aromatic carbocycles. The van der Waals surface area contributed by atoms with E-state index in [-0.39, 0.29) is 18.1 Å². The standard InChI is InChI=1S/C18H27N3O2S/c1-19-8-10-20(11-9-19)18(22)17-5-4-15-16(23-17)6-7-21(15)13-14-3-2-12-24-14/h2-3,12,15-17H,4-11,13H2,1H3/t15-,16-,17-/m0/s1. The molecule has 1 aromatic heterocycles. The molecule has 4 heterocycles. The average molecular weight is 350 g/mol. The lowest BCUT2D eigenvalue weighted by molar-refractivity contribution is -0.156. The van der Waals surface area contributed by atoms with Crippen molar-refractivity contribution in [3.05, 3.63) is 22.4 Å². The molecule has 0 saturated carbocycles. The van der Waals surface area contributed by atoms with Crippen molar-refractivity contribution in [2.75, 3.05) is 39.8 Å². The summed E-state index contributed by atoms with van der Waals surface area (Å²) >= 11 is 1.83. The first-order chi connectivity index (χ1) is 11.7. The van der Waals surface area contributed by atoms with Crippen LogP contribution in [0.4, 0.5) is 0 Å². The molecule has 0 aliphatic carbocycles. The summed E-state index contributed by atoms with van der Waals surface area (Å²) in [6.07, 6.45) is 3.03. The Balaban J connectivity index is 1.33. The molecule has 3 saturated heterocycles. The fourth-order valence-electron chi connectivity index (χ4n) is 4.23. The van der Waals surface area contributed by atoms with E-state index >= 15 is 0 Å². The van der Waals surface area contributed by atoms with Crippen molar-refractivity contribution in [2.45, 2.75) is 44.1 Å². The highest BCUT2D eigenvalue weighted by atomic mass is 32.1. The monoisotopic (exact) mass is 349 g/mol. The van der Waals surface area contributed by atoms with Gasteiger partial charge in [-0.05, 0) is 37.8 Å². The highest BCUT2D eigenvalue weighted by Crippen LogP contribution is 2.33. The lowest BCUT2D eigenvalue weighted by Crippen LogP contribution is -2.53. The summed E-state index contributed by atoms with van der Waals surface area (Å²) < 4.78 is 6.26. The highest BCUT2D eigenvalue weighted by molar-refractivity contribution is 7.09. The van der Waals surface area contributed by atoms with Gasteiger partial charge in [-0.3, -0.25) is 9.69 Å². The Morgan fingerprint density at radius 1 is 1.21 bits per heavy atom. The smallest absolute Gasteiger partial charge is 0.251 e. The van der Waals surface area contributed by atoms with Gasteiger partial charge < -0.3 is 14.5 Å². The Labute approximate surface area is 148 Å². The van der Waals surface area contributed by atoms with E-state index in [0.717, 1.165) is 58.5 Å². The quantitative estimate of drug-likeness (QED) is 0.831. The molecule has 3 aliphatic heterocycles. The minimum atomic E-state index is -0.212. The van der Waals surface area contributed by atoms with E-state index in [9.17, 15) is 4.79 Å². The first-order valence-electron chi connectivity index (χ1n) is 9.10. The van der Waals surface area contributed by atoms with Crippen molar-refractivity contribution < 1.29 is 9.53 Å². The largest absolute Gasteiger partial charge is 0.363 e. The number of hydrogen-bond donors (Lipinski definition) is 0. The van der Waals surface area contributed by atoms with Crippen molar-refractivity contribution in [1.82, 2.24) is 14.7 Å². The maximum Gasteiger partial charge on any atom is 0.251 e. The van der Waals surface area contributed by atoms with Crippen LogP contribution in [0.25, 0.3) is 0 Å². The second-order valence-electron chi connectivity index (χ2n) is 7.27. The van der Waals surface area contributed by atoms with Gasteiger partial charge in [-0.25, -0.2) is 0 Å². The third-order valence-corrected chi connectivity index (χ3v) is 6.55. The summed E-state index contributed by atoms with van der Waals surface area (Å²) in [4.78, 5) is 21.0. The molecule has 3 fully saturated rings. The van der Waals surface area contributed by atoms with Crippen molar-refractivity contribution >= 4 is 17.2 Å². The third kappa shape index (κ3) is 3.38. The van der Waals surface area contributed by atoms with E-state index in [2.05, 4.69) is 34.4 Å². The maximum atomic E-state index is 12.8. The number of likely N-dealkylation sites (N-methyl/N-ethyl adjacent to an activating group) is 1. The average Bonchev–Trinajstić information content (AvgIpc) is 3.25. The predicted octanol–water partition coefficient (Wildman–Crippen LogP) is 1.64. The van der Waals surface area contributed by atoms with Crippen LogP contribution in [0.3, 0.4) is 0 Å². The van der Waals surface area contributed by atoms with Crippen molar-refractivity contribution in [3.63, 3.8) is 0 Å². The van der Waals surface area contributed by atoms with Gasteiger partial charge in [0.2, 0.25) is 0 Å². The number of hydrogen-bond acceptors (Lipinski definition) is 5. The maximum absolute atomic E-state index is 12.8. The number of nitrogens with zero attached hydrogens (tertiary/aromatic N) is 3. The zero-order valence-electron chi connectivity index (χ0n) is 14.4. The molecule has 1 amide bonds. The van der Waals surface area contributed by atoms with Gasteiger partial charge in [0.25, 0.3) is 5.91 Å². The normalized spacial score (nSPS) is 32.0. The molecule has 0 N–H and O–H groups in total. The van der Waals surface area contributed by atoms with Crippen LogP contribution in [0.5, 0.6) is 0 Å². The van der Waals surface area contributed by atoms with Crippen LogP contribution in [0, 0.1) is 0 Å². The van der Waals surface area contributed by atoms with Crippen LogP contribution in [-0.4, -0.2) is 78.6 Å². The zero-order valence-corrected chi connectivity index (χ0v) is 15.2. The van der Waals surface area contributed by atoms with Gasteiger partial charge in [-0.15, -0.1) is 11.3 Å². The lowest BCUT2D eigenvalue weighted by atomic mass is 9.98. The van der Waals surface area contributed by atoms with Crippen LogP contribution >= 0.6 is 11.3 Å². The summed E-state index contributed by atoms with van der Waals surface area (Å²) in [6, 6.07) is 4.82. The van der Waals surface area contributed by atoms with E-state index in [0.29, 0.717) is 6.04 Å². The van der Waals surface area contributed by atoms with E-state index < -0.39 is 0 Å². The minimum absolute atomic E-state index is 0.212. The molecule has 132 valence electrons. The van der Waals surface area contributed by atoms with Crippen molar-refractivity contribution in [3.8, 4) is 0 Å². The molecule has 5 nitrogen and oxygen atoms in total. The van der Waals surface area contributed by atoms with Gasteiger partial charge in [-0.2, -0.15) is 0 Å². The molecule has 0 radical (unpaired) electrons. The van der Waals surface area contributed by atoms with Crippen LogP contribution < -0.4 is 0 Å². The van der Waals surface area contributed by atoms with Crippen molar-refractivity contribution in [2.24, 2.45) is 0 Å². The van der Waals surface area contributed by atoms with Gasteiger partial charge in [0.1, 0.15) is 6.10 Å². The summed E-state index contributed by atoms with van der Waals surface area (Å²) in [7, 11) is 2.12. The number of carbonyl (C=O) groups excluding carboxylic acids is 1. The second-order valence-corrected chi connectivity index (χ2v) is 8.31. The molecule has 0 bridgehead atoms. The Hall–Kier alpha value is -0.950. The molecule has 0 unspecified atom stereocenters. The fraction of sp³-hybridized carbons (Fsp3) is 0.722. The minimum Gasteiger partial charge on any atom is -0.363 e. The third-order valence-electron chi connectivity index (χ3n) is 5.69. The van der Waals surface area contributed by atoms with E-state index in [1.165, 1.54) is 4.88 Å². The summed E-state index contributed by atoms with van der Waals surface area (Å²) in [5.74, 6) is 0.221. The molecule has 1 aromatic rings. The molecular weight excluding hydrogens is 322 g/mol. The molecule has 4 rings (SSSR count). The Bertz CT molecular complexity index is 557. The molecule has 3 aliphatic rings. The molecular formula is C18H27N3O2S. The summed E-state index contributed by atoms with van der Waals surface area (Å²) in [6.45, 7) is 5.74. The number of thiophene rings is 1. The Morgan fingerprint density at radius 2 is 2.04 bits per heavy atom. The van der Waals surface area contributed by atoms with Gasteiger partial charge in [0.05, 0.1) is 6.10 Å². The number of amides is 1.